The summed E-state index contributed by atoms with van der Waals surface area (Å²) in [5.74, 6) is -0.495. The normalized spacial score (nSPS) is 12.0. The van der Waals surface area contributed by atoms with Crippen LogP contribution in [0.2, 0.25) is 0 Å². The van der Waals surface area contributed by atoms with Gasteiger partial charge < -0.3 is 10.5 Å². The minimum Gasteiger partial charge on any atom is -0.368 e. The minimum atomic E-state index is -0.495. The highest BCUT2D eigenvalue weighted by atomic mass is 16.5. The molecule has 0 spiro atoms. The molecule has 3 aromatic carbocycles. The molecule has 0 bridgehead atoms. The highest BCUT2D eigenvalue weighted by Crippen LogP contribution is 2.30. The molecule has 0 aliphatic rings. The second kappa shape index (κ2) is 7.98. The van der Waals surface area contributed by atoms with Crippen molar-refractivity contribution in [2.45, 2.75) is 6.10 Å². The van der Waals surface area contributed by atoms with Crippen molar-refractivity contribution in [3.8, 4) is 11.1 Å². The molecule has 28 heavy (non-hydrogen) atoms. The fraction of sp³-hybridized carbons (Fsp3) is 0.0870. The number of fused-ring (bicyclic) bond motifs is 1. The highest BCUT2D eigenvalue weighted by Gasteiger charge is 2.16. The van der Waals surface area contributed by atoms with E-state index in [1.54, 1.807) is 12.4 Å². The Hall–Kier alpha value is -3.57. The lowest BCUT2D eigenvalue weighted by Gasteiger charge is -2.19. The van der Waals surface area contributed by atoms with E-state index < -0.39 is 5.91 Å². The molecule has 1 amide bonds. The van der Waals surface area contributed by atoms with Gasteiger partial charge in [0.15, 0.2) is 0 Å². The molecule has 0 aliphatic carbocycles. The Kier molecular flexibility index (Phi) is 5.08. The number of hydrogen-bond acceptors (Lipinski definition) is 4. The molecule has 1 aromatic heterocycles. The van der Waals surface area contributed by atoms with Gasteiger partial charge in [0.05, 0.1) is 11.0 Å². The van der Waals surface area contributed by atoms with Crippen molar-refractivity contribution in [1.82, 2.24) is 9.97 Å². The second-order valence-electron chi connectivity index (χ2n) is 6.45. The maximum atomic E-state index is 11.3. The summed E-state index contributed by atoms with van der Waals surface area (Å²) in [6, 6.07) is 23.9. The van der Waals surface area contributed by atoms with Gasteiger partial charge in [-0.3, -0.25) is 14.8 Å². The maximum absolute atomic E-state index is 11.3. The van der Waals surface area contributed by atoms with Gasteiger partial charge in [0, 0.05) is 12.4 Å². The Morgan fingerprint density at radius 3 is 2.32 bits per heavy atom. The Labute approximate surface area is 162 Å². The van der Waals surface area contributed by atoms with E-state index in [1.165, 1.54) is 0 Å². The van der Waals surface area contributed by atoms with Gasteiger partial charge in [-0.1, -0.05) is 54.6 Å². The predicted octanol–water partition coefficient (Wildman–Crippen LogP) is 3.89. The molecular formula is C23H19N3O2. The summed E-state index contributed by atoms with van der Waals surface area (Å²) < 4.78 is 5.84. The van der Waals surface area contributed by atoms with E-state index in [0.717, 1.165) is 33.3 Å². The lowest BCUT2D eigenvalue weighted by atomic mass is 9.96. The number of carbonyl (C=O) groups is 1. The van der Waals surface area contributed by atoms with E-state index in [1.807, 2.05) is 66.7 Å². The molecule has 0 radical (unpaired) electrons. The van der Waals surface area contributed by atoms with Gasteiger partial charge in [0.25, 0.3) is 0 Å². The van der Waals surface area contributed by atoms with Gasteiger partial charge in [-0.05, 0) is 40.5 Å². The topological polar surface area (TPSA) is 78.1 Å². The van der Waals surface area contributed by atoms with Gasteiger partial charge >= 0.3 is 0 Å². The molecule has 4 aromatic rings. The molecule has 0 fully saturated rings. The molecule has 138 valence electrons. The summed E-state index contributed by atoms with van der Waals surface area (Å²) in [5.41, 5.74) is 11.0. The fourth-order valence-electron chi connectivity index (χ4n) is 3.20. The summed E-state index contributed by atoms with van der Waals surface area (Å²) in [4.78, 5) is 20.0. The van der Waals surface area contributed by atoms with Crippen LogP contribution in [0.3, 0.4) is 0 Å². The van der Waals surface area contributed by atoms with Gasteiger partial charge in [-0.2, -0.15) is 0 Å². The summed E-state index contributed by atoms with van der Waals surface area (Å²) in [7, 11) is 0. The Morgan fingerprint density at radius 2 is 1.54 bits per heavy atom. The van der Waals surface area contributed by atoms with Gasteiger partial charge in [0.1, 0.15) is 12.7 Å². The van der Waals surface area contributed by atoms with Crippen LogP contribution in [-0.4, -0.2) is 22.5 Å². The molecule has 0 aliphatic heterocycles. The lowest BCUT2D eigenvalue weighted by Crippen LogP contribution is -2.20. The van der Waals surface area contributed by atoms with E-state index in [2.05, 4.69) is 16.0 Å². The van der Waals surface area contributed by atoms with Crippen molar-refractivity contribution < 1.29 is 9.53 Å². The molecule has 1 unspecified atom stereocenters. The average Bonchev–Trinajstić information content (AvgIpc) is 2.74. The quantitative estimate of drug-likeness (QED) is 0.559. The monoisotopic (exact) mass is 369 g/mol. The summed E-state index contributed by atoms with van der Waals surface area (Å²) in [5, 5.41) is 0. The van der Waals surface area contributed by atoms with Crippen LogP contribution in [-0.2, 0) is 9.53 Å². The third kappa shape index (κ3) is 3.89. The van der Waals surface area contributed by atoms with Crippen LogP contribution in [0, 0.1) is 0 Å². The standard InChI is InChI=1S/C23H19N3O2/c24-22(27)15-28-23(16-5-2-1-3-6-16)19-8-4-7-17(13-19)18-9-10-20-21(14-18)26-12-11-25-20/h1-14,23H,15H2,(H2,24,27). The van der Waals surface area contributed by atoms with E-state index >= 15 is 0 Å². The lowest BCUT2D eigenvalue weighted by molar-refractivity contribution is -0.123. The molecule has 0 saturated carbocycles. The van der Waals surface area contributed by atoms with Crippen molar-refractivity contribution in [3.05, 3.63) is 96.3 Å². The number of hydrogen-bond donors (Lipinski definition) is 1. The molecule has 4 rings (SSSR count). The summed E-state index contributed by atoms with van der Waals surface area (Å²) in [6.07, 6.45) is 2.99. The number of carbonyl (C=O) groups excluding carboxylic acids is 1. The number of ether oxygens (including phenoxy) is 1. The Balaban J connectivity index is 1.73. The highest BCUT2D eigenvalue weighted by molar-refractivity contribution is 5.81. The van der Waals surface area contributed by atoms with Crippen molar-refractivity contribution in [2.75, 3.05) is 6.61 Å². The average molecular weight is 369 g/mol. The molecular weight excluding hydrogens is 350 g/mol. The molecule has 2 N–H and O–H groups in total. The zero-order chi connectivity index (χ0) is 19.3. The van der Waals surface area contributed by atoms with E-state index in [0.29, 0.717) is 0 Å². The largest absolute Gasteiger partial charge is 0.368 e. The SMILES string of the molecule is NC(=O)COC(c1ccccc1)c1cccc(-c2ccc3nccnc3c2)c1. The van der Waals surface area contributed by atoms with Crippen LogP contribution in [0.4, 0.5) is 0 Å². The number of aromatic nitrogens is 2. The molecule has 5 heteroatoms. The first-order valence-electron chi connectivity index (χ1n) is 8.97. The molecule has 1 heterocycles. The first-order chi connectivity index (χ1) is 13.7. The summed E-state index contributed by atoms with van der Waals surface area (Å²) in [6.45, 7) is -0.143. The number of primary amides is 1. The first kappa shape index (κ1) is 17.8. The third-order valence-corrected chi connectivity index (χ3v) is 4.49. The van der Waals surface area contributed by atoms with Crippen LogP contribution in [0.25, 0.3) is 22.2 Å². The van der Waals surface area contributed by atoms with Gasteiger partial charge in [0.2, 0.25) is 5.91 Å². The fourth-order valence-corrected chi connectivity index (χ4v) is 3.20. The number of benzene rings is 3. The summed E-state index contributed by atoms with van der Waals surface area (Å²) >= 11 is 0. The number of rotatable bonds is 6. The first-order valence-corrected chi connectivity index (χ1v) is 8.97. The minimum absolute atomic E-state index is 0.143. The van der Waals surface area contributed by atoms with Crippen molar-refractivity contribution in [1.29, 1.82) is 0 Å². The van der Waals surface area contributed by atoms with E-state index in [4.69, 9.17) is 10.5 Å². The molecule has 1 atom stereocenters. The van der Waals surface area contributed by atoms with Gasteiger partial charge in [-0.15, -0.1) is 0 Å². The molecule has 5 nitrogen and oxygen atoms in total. The Bertz CT molecular complexity index is 1110. The predicted molar refractivity (Wildman–Crippen MR) is 108 cm³/mol. The van der Waals surface area contributed by atoms with Crippen LogP contribution in [0.15, 0.2) is 85.2 Å². The third-order valence-electron chi connectivity index (χ3n) is 4.49. The van der Waals surface area contributed by atoms with Crippen LogP contribution < -0.4 is 5.73 Å². The smallest absolute Gasteiger partial charge is 0.243 e. The van der Waals surface area contributed by atoms with E-state index in [-0.39, 0.29) is 12.7 Å². The second-order valence-corrected chi connectivity index (χ2v) is 6.45. The van der Waals surface area contributed by atoms with Crippen molar-refractivity contribution in [3.63, 3.8) is 0 Å². The van der Waals surface area contributed by atoms with Gasteiger partial charge in [-0.25, -0.2) is 0 Å². The van der Waals surface area contributed by atoms with Crippen LogP contribution >= 0.6 is 0 Å². The zero-order valence-corrected chi connectivity index (χ0v) is 15.2. The van der Waals surface area contributed by atoms with E-state index in [9.17, 15) is 4.79 Å². The van der Waals surface area contributed by atoms with Crippen molar-refractivity contribution in [2.24, 2.45) is 5.73 Å². The number of nitrogens with two attached hydrogens (primary N) is 1. The molecule has 0 saturated heterocycles. The van der Waals surface area contributed by atoms with Crippen molar-refractivity contribution >= 4 is 16.9 Å². The zero-order valence-electron chi connectivity index (χ0n) is 15.2. The number of nitrogens with zero attached hydrogens (tertiary/aromatic N) is 2. The van der Waals surface area contributed by atoms with Crippen LogP contribution in [0.5, 0.6) is 0 Å². The van der Waals surface area contributed by atoms with Crippen LogP contribution in [0.1, 0.15) is 17.2 Å². The maximum Gasteiger partial charge on any atom is 0.243 e. The number of amides is 1. The Morgan fingerprint density at radius 1 is 0.821 bits per heavy atom.